The van der Waals surface area contributed by atoms with Gasteiger partial charge >= 0.3 is 12.0 Å². The summed E-state index contributed by atoms with van der Waals surface area (Å²) >= 11 is 0. The van der Waals surface area contributed by atoms with Crippen LogP contribution >= 0.6 is 0 Å². The average Bonchev–Trinajstić information content (AvgIpc) is 2.98. The topological polar surface area (TPSA) is 99.1 Å². The molecular weight excluding hydrogens is 264 g/mol. The second kappa shape index (κ2) is 5.57. The molecule has 2 aliphatic rings. The largest absolute Gasteiger partial charge is 0.481 e. The highest BCUT2D eigenvalue weighted by Gasteiger charge is 2.48. The summed E-state index contributed by atoms with van der Waals surface area (Å²) in [5, 5.41) is 21.5. The molecule has 2 aliphatic heterocycles. The zero-order valence-corrected chi connectivity index (χ0v) is 11.8. The van der Waals surface area contributed by atoms with E-state index in [0.717, 1.165) is 6.42 Å². The van der Waals surface area contributed by atoms with Crippen molar-refractivity contribution < 1.29 is 24.5 Å². The van der Waals surface area contributed by atoms with E-state index in [1.807, 2.05) is 0 Å². The number of carbonyl (C=O) groups is 2. The van der Waals surface area contributed by atoms with E-state index in [9.17, 15) is 19.8 Å². The third-order valence-electron chi connectivity index (χ3n) is 4.44. The van der Waals surface area contributed by atoms with Gasteiger partial charge in [0.15, 0.2) is 0 Å². The number of hydrogen-bond acceptors (Lipinski definition) is 4. The quantitative estimate of drug-likeness (QED) is 0.672. The molecule has 3 N–H and O–H groups in total. The summed E-state index contributed by atoms with van der Waals surface area (Å²) in [4.78, 5) is 25.1. The van der Waals surface area contributed by atoms with Gasteiger partial charge in [0, 0.05) is 19.0 Å². The molecular formula is C13H22N2O5. The van der Waals surface area contributed by atoms with Gasteiger partial charge < -0.3 is 25.2 Å². The highest BCUT2D eigenvalue weighted by molar-refractivity contribution is 5.79. The van der Waals surface area contributed by atoms with Gasteiger partial charge in [0.2, 0.25) is 0 Å². The Morgan fingerprint density at radius 2 is 2.20 bits per heavy atom. The van der Waals surface area contributed by atoms with E-state index in [1.165, 1.54) is 0 Å². The molecule has 0 aromatic rings. The zero-order chi connectivity index (χ0) is 14.9. The van der Waals surface area contributed by atoms with Crippen molar-refractivity contribution in [2.24, 2.45) is 11.3 Å². The number of rotatable bonds is 3. The smallest absolute Gasteiger partial charge is 0.317 e. The lowest BCUT2D eigenvalue weighted by Gasteiger charge is -2.28. The highest BCUT2D eigenvalue weighted by atomic mass is 16.5. The maximum atomic E-state index is 12.2. The lowest BCUT2D eigenvalue weighted by Crippen LogP contribution is -2.53. The van der Waals surface area contributed by atoms with Gasteiger partial charge in [0.1, 0.15) is 5.41 Å². The monoisotopic (exact) mass is 286 g/mol. The summed E-state index contributed by atoms with van der Waals surface area (Å²) in [7, 11) is 0. The van der Waals surface area contributed by atoms with Crippen molar-refractivity contribution in [3.05, 3.63) is 0 Å². The summed E-state index contributed by atoms with van der Waals surface area (Å²) in [6.45, 7) is 4.69. The van der Waals surface area contributed by atoms with Crippen LogP contribution in [0.4, 0.5) is 4.79 Å². The van der Waals surface area contributed by atoms with E-state index < -0.39 is 23.5 Å². The number of carbonyl (C=O) groups excluding carboxylic acids is 1. The number of ether oxygens (including phenoxy) is 1. The van der Waals surface area contributed by atoms with E-state index in [1.54, 1.807) is 18.7 Å². The first-order chi connectivity index (χ1) is 9.34. The molecule has 0 aromatic carbocycles. The van der Waals surface area contributed by atoms with Crippen LogP contribution < -0.4 is 5.32 Å². The Balaban J connectivity index is 1.94. The molecule has 0 aromatic heterocycles. The number of carboxylic acids is 1. The molecule has 0 radical (unpaired) electrons. The lowest BCUT2D eigenvalue weighted by molar-refractivity contribution is -0.148. The molecule has 4 unspecified atom stereocenters. The molecule has 2 saturated heterocycles. The number of aliphatic hydroxyl groups excluding tert-OH is 1. The van der Waals surface area contributed by atoms with Crippen molar-refractivity contribution in [3.63, 3.8) is 0 Å². The first-order valence-electron chi connectivity index (χ1n) is 6.89. The van der Waals surface area contributed by atoms with E-state index in [2.05, 4.69) is 5.32 Å². The predicted octanol–water partition coefficient (Wildman–Crippen LogP) is -0.112. The minimum absolute atomic E-state index is 0.0893. The van der Waals surface area contributed by atoms with Gasteiger partial charge in [-0.25, -0.2) is 4.79 Å². The van der Waals surface area contributed by atoms with E-state index in [-0.39, 0.29) is 25.2 Å². The van der Waals surface area contributed by atoms with Crippen LogP contribution in [-0.4, -0.2) is 65.6 Å². The molecule has 2 heterocycles. The molecule has 0 aliphatic carbocycles. The summed E-state index contributed by atoms with van der Waals surface area (Å²) in [6.07, 6.45) is 0.328. The van der Waals surface area contributed by atoms with E-state index in [4.69, 9.17) is 4.74 Å². The maximum Gasteiger partial charge on any atom is 0.317 e. The van der Waals surface area contributed by atoms with Gasteiger partial charge in [-0.2, -0.15) is 0 Å². The van der Waals surface area contributed by atoms with Crippen LogP contribution in [0.15, 0.2) is 0 Å². The van der Waals surface area contributed by atoms with Gasteiger partial charge in [-0.05, 0) is 20.3 Å². The van der Waals surface area contributed by atoms with E-state index >= 15 is 0 Å². The van der Waals surface area contributed by atoms with Crippen LogP contribution in [-0.2, 0) is 9.53 Å². The number of nitrogens with zero attached hydrogens (tertiary/aromatic N) is 1. The molecule has 0 spiro atoms. The number of amides is 2. The second-order valence-electron chi connectivity index (χ2n) is 5.98. The van der Waals surface area contributed by atoms with Gasteiger partial charge in [-0.3, -0.25) is 4.79 Å². The van der Waals surface area contributed by atoms with Crippen LogP contribution in [0.3, 0.4) is 0 Å². The van der Waals surface area contributed by atoms with Crippen molar-refractivity contribution in [2.45, 2.75) is 32.4 Å². The Bertz CT molecular complexity index is 400. The van der Waals surface area contributed by atoms with Gasteiger partial charge in [0.25, 0.3) is 0 Å². The first-order valence-corrected chi connectivity index (χ1v) is 6.89. The Labute approximate surface area is 117 Å². The van der Waals surface area contributed by atoms with Gasteiger partial charge in [-0.1, -0.05) is 0 Å². The molecule has 2 rings (SSSR count). The molecule has 20 heavy (non-hydrogen) atoms. The third-order valence-corrected chi connectivity index (χ3v) is 4.44. The summed E-state index contributed by atoms with van der Waals surface area (Å²) in [5.74, 6) is -0.880. The van der Waals surface area contributed by atoms with Crippen LogP contribution in [0.1, 0.15) is 20.3 Å². The number of aliphatic hydroxyl groups is 1. The Kier molecular flexibility index (Phi) is 4.19. The van der Waals surface area contributed by atoms with Crippen molar-refractivity contribution in [2.75, 3.05) is 26.3 Å². The van der Waals surface area contributed by atoms with Crippen LogP contribution in [0.5, 0.6) is 0 Å². The molecule has 114 valence electrons. The molecule has 0 saturated carbocycles. The minimum atomic E-state index is -1.08. The molecule has 0 bridgehead atoms. The lowest BCUT2D eigenvalue weighted by atomic mass is 9.85. The fourth-order valence-corrected chi connectivity index (χ4v) is 2.69. The fraction of sp³-hybridized carbons (Fsp3) is 0.846. The van der Waals surface area contributed by atoms with Crippen molar-refractivity contribution >= 4 is 12.0 Å². The number of carboxylic acid groups (broad SMARTS) is 1. The summed E-state index contributed by atoms with van der Waals surface area (Å²) < 4.78 is 5.20. The van der Waals surface area contributed by atoms with Crippen LogP contribution in [0, 0.1) is 11.3 Å². The number of likely N-dealkylation sites (tertiary alicyclic amines) is 1. The van der Waals surface area contributed by atoms with Crippen molar-refractivity contribution in [1.29, 1.82) is 0 Å². The molecule has 7 heteroatoms. The zero-order valence-electron chi connectivity index (χ0n) is 11.8. The highest BCUT2D eigenvalue weighted by Crippen LogP contribution is 2.29. The van der Waals surface area contributed by atoms with Gasteiger partial charge in [0.05, 0.1) is 25.4 Å². The van der Waals surface area contributed by atoms with Crippen molar-refractivity contribution in [1.82, 2.24) is 10.2 Å². The molecule has 4 atom stereocenters. The van der Waals surface area contributed by atoms with Crippen molar-refractivity contribution in [3.8, 4) is 0 Å². The minimum Gasteiger partial charge on any atom is -0.481 e. The number of hydrogen-bond donors (Lipinski definition) is 3. The number of nitrogens with one attached hydrogen (secondary N) is 1. The first kappa shape index (κ1) is 15.1. The fourth-order valence-electron chi connectivity index (χ4n) is 2.69. The standard InChI is InChI=1S/C13H22N2O5/c1-8(16)9-3-4-15(5-9)12(19)14-10-6-20-7-13(10,2)11(17)18/h8-10,16H,3-7H2,1-2H3,(H,14,19)(H,17,18). The Hall–Kier alpha value is -1.34. The predicted molar refractivity (Wildman–Crippen MR) is 70.2 cm³/mol. The summed E-state index contributed by atoms with van der Waals surface area (Å²) in [5.41, 5.74) is -1.08. The maximum absolute atomic E-state index is 12.2. The third kappa shape index (κ3) is 2.73. The normalized spacial score (nSPS) is 35.0. The Morgan fingerprint density at radius 3 is 2.75 bits per heavy atom. The average molecular weight is 286 g/mol. The Morgan fingerprint density at radius 1 is 1.50 bits per heavy atom. The molecule has 7 nitrogen and oxygen atoms in total. The second-order valence-corrected chi connectivity index (χ2v) is 5.98. The number of aliphatic carboxylic acids is 1. The van der Waals surface area contributed by atoms with Crippen LogP contribution in [0.25, 0.3) is 0 Å². The van der Waals surface area contributed by atoms with Gasteiger partial charge in [-0.15, -0.1) is 0 Å². The SMILES string of the molecule is CC(O)C1CCN(C(=O)NC2COCC2(C)C(=O)O)C1. The molecule has 2 fully saturated rings. The van der Waals surface area contributed by atoms with Crippen LogP contribution in [0.2, 0.25) is 0 Å². The van der Waals surface area contributed by atoms with E-state index in [0.29, 0.717) is 13.1 Å². The molecule has 2 amide bonds. The summed E-state index contributed by atoms with van der Waals surface area (Å²) in [6, 6.07) is -0.811. The number of urea groups is 1.